The number of hydrogen-bond donors (Lipinski definition) is 2. The Morgan fingerprint density at radius 3 is 2.61 bits per heavy atom. The van der Waals surface area contributed by atoms with Gasteiger partial charge in [0.15, 0.2) is 0 Å². The van der Waals surface area contributed by atoms with Crippen LogP contribution in [0.4, 0.5) is 0 Å². The zero-order valence-corrected chi connectivity index (χ0v) is 11.3. The van der Waals surface area contributed by atoms with Crippen LogP contribution in [0, 0.1) is 6.92 Å². The van der Waals surface area contributed by atoms with Crippen LogP contribution in [0.1, 0.15) is 36.8 Å². The second-order valence-electron chi connectivity index (χ2n) is 5.19. The second-order valence-corrected chi connectivity index (χ2v) is 5.19. The van der Waals surface area contributed by atoms with Gasteiger partial charge in [0.2, 0.25) is 0 Å². The molecule has 0 atom stereocenters. The SMILES string of the molecule is COc1ccc(CNC2CCC(O)CC2)cc1C. The molecule has 1 aromatic rings. The van der Waals surface area contributed by atoms with Gasteiger partial charge < -0.3 is 15.2 Å². The van der Waals surface area contributed by atoms with Crippen molar-refractivity contribution < 1.29 is 9.84 Å². The molecule has 0 saturated heterocycles. The fourth-order valence-electron chi connectivity index (χ4n) is 2.59. The number of aliphatic hydroxyl groups excluding tert-OH is 1. The summed E-state index contributed by atoms with van der Waals surface area (Å²) in [7, 11) is 1.70. The average molecular weight is 249 g/mol. The van der Waals surface area contributed by atoms with Gasteiger partial charge in [-0.15, -0.1) is 0 Å². The Bertz CT molecular complexity index is 384. The number of aryl methyl sites for hydroxylation is 1. The molecule has 0 amide bonds. The molecule has 2 rings (SSSR count). The van der Waals surface area contributed by atoms with Crippen LogP contribution in [-0.2, 0) is 6.54 Å². The quantitative estimate of drug-likeness (QED) is 0.861. The molecule has 0 aromatic heterocycles. The van der Waals surface area contributed by atoms with Crippen molar-refractivity contribution in [2.75, 3.05) is 7.11 Å². The smallest absolute Gasteiger partial charge is 0.121 e. The molecule has 3 nitrogen and oxygen atoms in total. The van der Waals surface area contributed by atoms with Gasteiger partial charge in [0.25, 0.3) is 0 Å². The fraction of sp³-hybridized carbons (Fsp3) is 0.600. The van der Waals surface area contributed by atoms with E-state index < -0.39 is 0 Å². The molecule has 1 saturated carbocycles. The minimum absolute atomic E-state index is 0.0775. The highest BCUT2D eigenvalue weighted by atomic mass is 16.5. The summed E-state index contributed by atoms with van der Waals surface area (Å²) in [6, 6.07) is 6.85. The lowest BCUT2D eigenvalue weighted by atomic mass is 9.93. The summed E-state index contributed by atoms with van der Waals surface area (Å²) in [4.78, 5) is 0. The summed E-state index contributed by atoms with van der Waals surface area (Å²) in [6.45, 7) is 2.96. The molecule has 18 heavy (non-hydrogen) atoms. The minimum Gasteiger partial charge on any atom is -0.496 e. The molecule has 3 heteroatoms. The van der Waals surface area contributed by atoms with Crippen LogP contribution in [0.25, 0.3) is 0 Å². The van der Waals surface area contributed by atoms with Gasteiger partial charge in [-0.25, -0.2) is 0 Å². The molecule has 100 valence electrons. The van der Waals surface area contributed by atoms with Crippen LogP contribution < -0.4 is 10.1 Å². The average Bonchev–Trinajstić information content (AvgIpc) is 2.38. The first-order valence-electron chi connectivity index (χ1n) is 6.74. The molecule has 1 aromatic carbocycles. The maximum absolute atomic E-state index is 9.46. The highest BCUT2D eigenvalue weighted by Crippen LogP contribution is 2.20. The van der Waals surface area contributed by atoms with E-state index in [0.717, 1.165) is 38.0 Å². The van der Waals surface area contributed by atoms with Crippen LogP contribution in [0.15, 0.2) is 18.2 Å². The standard InChI is InChI=1S/C15H23NO2/c1-11-9-12(3-8-15(11)18-2)10-16-13-4-6-14(17)7-5-13/h3,8-9,13-14,16-17H,4-7,10H2,1-2H3. The number of methoxy groups -OCH3 is 1. The van der Waals surface area contributed by atoms with Gasteiger partial charge in [-0.3, -0.25) is 0 Å². The largest absolute Gasteiger partial charge is 0.496 e. The maximum Gasteiger partial charge on any atom is 0.121 e. The Balaban J connectivity index is 1.84. The van der Waals surface area contributed by atoms with Crippen molar-refractivity contribution >= 4 is 0 Å². The fourth-order valence-corrected chi connectivity index (χ4v) is 2.59. The molecule has 1 fully saturated rings. The van der Waals surface area contributed by atoms with Gasteiger partial charge >= 0.3 is 0 Å². The van der Waals surface area contributed by atoms with E-state index in [4.69, 9.17) is 4.74 Å². The molecule has 0 unspecified atom stereocenters. The maximum atomic E-state index is 9.46. The van der Waals surface area contributed by atoms with E-state index in [9.17, 15) is 5.11 Å². The van der Waals surface area contributed by atoms with Gasteiger partial charge in [0, 0.05) is 12.6 Å². The van der Waals surface area contributed by atoms with Crippen molar-refractivity contribution in [2.24, 2.45) is 0 Å². The van der Waals surface area contributed by atoms with Crippen molar-refractivity contribution in [3.63, 3.8) is 0 Å². The Morgan fingerprint density at radius 1 is 1.28 bits per heavy atom. The van der Waals surface area contributed by atoms with E-state index in [-0.39, 0.29) is 6.10 Å². The van der Waals surface area contributed by atoms with Gasteiger partial charge in [0.1, 0.15) is 5.75 Å². The van der Waals surface area contributed by atoms with Gasteiger partial charge in [-0.05, 0) is 49.8 Å². The van der Waals surface area contributed by atoms with Crippen LogP contribution in [0.5, 0.6) is 5.75 Å². The Labute approximate surface area is 109 Å². The number of ether oxygens (including phenoxy) is 1. The van der Waals surface area contributed by atoms with E-state index in [0.29, 0.717) is 6.04 Å². The summed E-state index contributed by atoms with van der Waals surface area (Å²) < 4.78 is 5.26. The van der Waals surface area contributed by atoms with Crippen LogP contribution in [-0.4, -0.2) is 24.4 Å². The third-order valence-electron chi connectivity index (χ3n) is 3.75. The third kappa shape index (κ3) is 3.47. The molecule has 0 spiro atoms. The lowest BCUT2D eigenvalue weighted by Gasteiger charge is -2.26. The van der Waals surface area contributed by atoms with Gasteiger partial charge in [-0.1, -0.05) is 12.1 Å². The van der Waals surface area contributed by atoms with Crippen molar-refractivity contribution in [2.45, 2.75) is 51.3 Å². The summed E-state index contributed by atoms with van der Waals surface area (Å²) in [5, 5.41) is 13.0. The van der Waals surface area contributed by atoms with E-state index in [2.05, 4.69) is 24.4 Å². The number of hydrogen-bond acceptors (Lipinski definition) is 3. The summed E-state index contributed by atoms with van der Waals surface area (Å²) >= 11 is 0. The highest BCUT2D eigenvalue weighted by molar-refractivity contribution is 5.36. The molecule has 0 heterocycles. The second kappa shape index (κ2) is 6.21. The van der Waals surface area contributed by atoms with Crippen LogP contribution in [0.2, 0.25) is 0 Å². The zero-order valence-electron chi connectivity index (χ0n) is 11.3. The molecular weight excluding hydrogens is 226 g/mol. The predicted octanol–water partition coefficient (Wildman–Crippen LogP) is 2.40. The van der Waals surface area contributed by atoms with Crippen molar-refractivity contribution in [3.05, 3.63) is 29.3 Å². The number of rotatable bonds is 4. The predicted molar refractivity (Wildman–Crippen MR) is 72.8 cm³/mol. The van der Waals surface area contributed by atoms with Crippen LogP contribution >= 0.6 is 0 Å². The monoisotopic (exact) mass is 249 g/mol. The molecule has 0 bridgehead atoms. The first kappa shape index (κ1) is 13.4. The van der Waals surface area contributed by atoms with Crippen molar-refractivity contribution in [3.8, 4) is 5.75 Å². The topological polar surface area (TPSA) is 41.5 Å². The van der Waals surface area contributed by atoms with Crippen molar-refractivity contribution in [1.82, 2.24) is 5.32 Å². The molecule has 2 N–H and O–H groups in total. The normalized spacial score (nSPS) is 23.9. The Morgan fingerprint density at radius 2 is 2.00 bits per heavy atom. The van der Waals surface area contributed by atoms with E-state index in [1.54, 1.807) is 7.11 Å². The first-order chi connectivity index (χ1) is 8.69. The third-order valence-corrected chi connectivity index (χ3v) is 3.75. The Kier molecular flexibility index (Phi) is 4.61. The van der Waals surface area contributed by atoms with Gasteiger partial charge in [-0.2, -0.15) is 0 Å². The number of benzene rings is 1. The lowest BCUT2D eigenvalue weighted by Crippen LogP contribution is -2.34. The molecule has 0 aliphatic heterocycles. The van der Waals surface area contributed by atoms with E-state index in [1.807, 2.05) is 6.07 Å². The van der Waals surface area contributed by atoms with Crippen molar-refractivity contribution in [1.29, 1.82) is 0 Å². The number of nitrogens with one attached hydrogen (secondary N) is 1. The van der Waals surface area contributed by atoms with E-state index >= 15 is 0 Å². The summed E-state index contributed by atoms with van der Waals surface area (Å²) in [6.07, 6.45) is 3.94. The van der Waals surface area contributed by atoms with Crippen LogP contribution in [0.3, 0.4) is 0 Å². The first-order valence-corrected chi connectivity index (χ1v) is 6.74. The molecule has 1 aliphatic carbocycles. The highest BCUT2D eigenvalue weighted by Gasteiger charge is 2.18. The zero-order chi connectivity index (χ0) is 13.0. The molecule has 0 radical (unpaired) electrons. The molecule has 1 aliphatic rings. The summed E-state index contributed by atoms with van der Waals surface area (Å²) in [5.74, 6) is 0.944. The lowest BCUT2D eigenvalue weighted by molar-refractivity contribution is 0.116. The van der Waals surface area contributed by atoms with Gasteiger partial charge in [0.05, 0.1) is 13.2 Å². The van der Waals surface area contributed by atoms with E-state index in [1.165, 1.54) is 11.1 Å². The Hall–Kier alpha value is -1.06. The number of aliphatic hydroxyl groups is 1. The summed E-state index contributed by atoms with van der Waals surface area (Å²) in [5.41, 5.74) is 2.47. The minimum atomic E-state index is -0.0775. The molecular formula is C15H23NO2.